The molecule has 34 heavy (non-hydrogen) atoms. The molecule has 0 aromatic heterocycles. The third-order valence-electron chi connectivity index (χ3n) is 5.00. The van der Waals surface area contributed by atoms with Gasteiger partial charge in [0.25, 0.3) is 11.8 Å². The summed E-state index contributed by atoms with van der Waals surface area (Å²) in [4.78, 5) is 27.1. The van der Waals surface area contributed by atoms with Gasteiger partial charge in [-0.3, -0.25) is 19.8 Å². The van der Waals surface area contributed by atoms with Crippen LogP contribution >= 0.6 is 28.1 Å². The van der Waals surface area contributed by atoms with E-state index in [9.17, 15) is 9.59 Å². The van der Waals surface area contributed by atoms with Gasteiger partial charge in [0.05, 0.1) is 12.3 Å². The highest BCUT2D eigenvalue weighted by Gasteiger charge is 2.34. The molecule has 6 nitrogen and oxygen atoms in total. The lowest BCUT2D eigenvalue weighted by atomic mass is 10.1. The molecule has 0 atom stereocenters. The van der Waals surface area contributed by atoms with Crippen LogP contribution in [0.2, 0.25) is 0 Å². The van der Waals surface area contributed by atoms with E-state index in [0.717, 1.165) is 10.0 Å². The summed E-state index contributed by atoms with van der Waals surface area (Å²) in [5, 5.41) is 2.63. The smallest absolute Gasteiger partial charge is 0.270 e. The molecule has 4 rings (SSSR count). The van der Waals surface area contributed by atoms with Crippen LogP contribution in [0.15, 0.2) is 82.8 Å². The lowest BCUT2D eigenvalue weighted by Gasteiger charge is -2.29. The van der Waals surface area contributed by atoms with Gasteiger partial charge in [0.2, 0.25) is 0 Å². The number of rotatable bonds is 7. The Kier molecular flexibility index (Phi) is 7.40. The summed E-state index contributed by atoms with van der Waals surface area (Å²) >= 11 is 8.63. The Bertz CT molecular complexity index is 1260. The van der Waals surface area contributed by atoms with Gasteiger partial charge in [0, 0.05) is 4.47 Å². The fraction of sp³-hybridized carbons (Fsp3) is 0.115. The normalized spacial score (nSPS) is 14.8. The first-order valence-corrected chi connectivity index (χ1v) is 11.8. The number of halogens is 1. The van der Waals surface area contributed by atoms with E-state index in [1.807, 2.05) is 37.3 Å². The number of amides is 2. The zero-order chi connectivity index (χ0) is 24.1. The van der Waals surface area contributed by atoms with Crippen molar-refractivity contribution in [3.8, 4) is 11.5 Å². The molecule has 1 heterocycles. The van der Waals surface area contributed by atoms with E-state index in [1.165, 1.54) is 11.0 Å². The highest BCUT2D eigenvalue weighted by molar-refractivity contribution is 9.10. The molecule has 0 radical (unpaired) electrons. The lowest BCUT2D eigenvalue weighted by molar-refractivity contribution is -0.122. The number of benzene rings is 3. The molecule has 3 aromatic rings. The summed E-state index contributed by atoms with van der Waals surface area (Å²) in [7, 11) is 0. The minimum absolute atomic E-state index is 0.0306. The van der Waals surface area contributed by atoms with Crippen molar-refractivity contribution in [2.45, 2.75) is 13.5 Å². The van der Waals surface area contributed by atoms with Crippen molar-refractivity contribution in [2.75, 3.05) is 11.5 Å². The standard InChI is InChI=1S/C26H21BrN2O4S/c1-2-32-23-15-18(8-13-22(23)33-16-17-6-4-3-5-7-17)14-21-24(30)28-26(34)29(25(21)31)20-11-9-19(27)10-12-20/h3-15H,2,16H2,1H3,(H,28,30,34)/b21-14+. The topological polar surface area (TPSA) is 67.9 Å². The molecule has 8 heteroatoms. The van der Waals surface area contributed by atoms with Gasteiger partial charge >= 0.3 is 0 Å². The largest absolute Gasteiger partial charge is 0.490 e. The SMILES string of the molecule is CCOc1cc(/C=C2\C(=O)NC(=S)N(c3ccc(Br)cc3)C2=O)ccc1OCc1ccccc1. The van der Waals surface area contributed by atoms with Crippen LogP contribution in [0.25, 0.3) is 6.08 Å². The van der Waals surface area contributed by atoms with E-state index in [1.54, 1.807) is 42.5 Å². The third kappa shape index (κ3) is 5.35. The maximum atomic E-state index is 13.2. The second kappa shape index (κ2) is 10.6. The van der Waals surface area contributed by atoms with Crippen molar-refractivity contribution in [3.05, 3.63) is 94.0 Å². The number of nitrogens with one attached hydrogen (secondary N) is 1. The summed E-state index contributed by atoms with van der Waals surface area (Å²) in [5.41, 5.74) is 2.18. The predicted octanol–water partition coefficient (Wildman–Crippen LogP) is 5.26. The third-order valence-corrected chi connectivity index (χ3v) is 5.82. The van der Waals surface area contributed by atoms with Crippen LogP contribution in [0.3, 0.4) is 0 Å². The van der Waals surface area contributed by atoms with E-state index in [2.05, 4.69) is 21.2 Å². The molecule has 0 spiro atoms. The summed E-state index contributed by atoms with van der Waals surface area (Å²) in [5.74, 6) is 0.0471. The second-order valence-electron chi connectivity index (χ2n) is 7.35. The maximum Gasteiger partial charge on any atom is 0.270 e. The number of hydrogen-bond acceptors (Lipinski definition) is 5. The molecule has 0 aliphatic carbocycles. The highest BCUT2D eigenvalue weighted by Crippen LogP contribution is 2.31. The number of anilines is 1. The Morgan fingerprint density at radius 1 is 0.971 bits per heavy atom. The van der Waals surface area contributed by atoms with E-state index in [0.29, 0.717) is 36.0 Å². The summed E-state index contributed by atoms with van der Waals surface area (Å²) < 4.78 is 12.6. The molecular weight excluding hydrogens is 516 g/mol. The summed E-state index contributed by atoms with van der Waals surface area (Å²) in [6.07, 6.45) is 1.52. The maximum absolute atomic E-state index is 13.2. The zero-order valence-corrected chi connectivity index (χ0v) is 20.7. The second-order valence-corrected chi connectivity index (χ2v) is 8.65. The molecule has 172 valence electrons. The van der Waals surface area contributed by atoms with E-state index >= 15 is 0 Å². The molecule has 1 saturated heterocycles. The van der Waals surface area contributed by atoms with Crippen molar-refractivity contribution < 1.29 is 19.1 Å². The molecule has 1 aliphatic heterocycles. The average molecular weight is 537 g/mol. The molecule has 1 fully saturated rings. The molecule has 1 aliphatic rings. The van der Waals surface area contributed by atoms with E-state index in [4.69, 9.17) is 21.7 Å². The Morgan fingerprint density at radius 2 is 1.71 bits per heavy atom. The molecule has 0 saturated carbocycles. The van der Waals surface area contributed by atoms with Crippen molar-refractivity contribution >= 4 is 56.8 Å². The fourth-order valence-electron chi connectivity index (χ4n) is 3.39. The van der Waals surface area contributed by atoms with Gasteiger partial charge in [0.1, 0.15) is 12.2 Å². The van der Waals surface area contributed by atoms with Crippen LogP contribution in [0.1, 0.15) is 18.1 Å². The summed E-state index contributed by atoms with van der Waals surface area (Å²) in [6, 6.07) is 22.2. The average Bonchev–Trinajstić information content (AvgIpc) is 2.83. The van der Waals surface area contributed by atoms with Crippen LogP contribution in [0.5, 0.6) is 11.5 Å². The fourth-order valence-corrected chi connectivity index (χ4v) is 3.93. The number of nitrogens with zero attached hydrogens (tertiary/aromatic N) is 1. The minimum atomic E-state index is -0.550. The molecular formula is C26H21BrN2O4S. The first-order chi connectivity index (χ1) is 16.5. The number of thiocarbonyl (C=S) groups is 1. The molecule has 3 aromatic carbocycles. The number of ether oxygens (including phenoxy) is 2. The Morgan fingerprint density at radius 3 is 2.41 bits per heavy atom. The van der Waals surface area contributed by atoms with Crippen molar-refractivity contribution in [1.29, 1.82) is 0 Å². The zero-order valence-electron chi connectivity index (χ0n) is 18.3. The monoisotopic (exact) mass is 536 g/mol. The van der Waals surface area contributed by atoms with Gasteiger partial charge in [-0.15, -0.1) is 0 Å². The van der Waals surface area contributed by atoms with Crippen molar-refractivity contribution in [3.63, 3.8) is 0 Å². The lowest BCUT2D eigenvalue weighted by Crippen LogP contribution is -2.54. The van der Waals surface area contributed by atoms with Crippen LogP contribution in [-0.2, 0) is 16.2 Å². The number of carbonyl (C=O) groups is 2. The molecule has 0 unspecified atom stereocenters. The summed E-state index contributed by atoms with van der Waals surface area (Å²) in [6.45, 7) is 2.70. The highest BCUT2D eigenvalue weighted by atomic mass is 79.9. The molecule has 1 N–H and O–H groups in total. The Hall–Kier alpha value is -3.49. The van der Waals surface area contributed by atoms with Gasteiger partial charge in [-0.25, -0.2) is 0 Å². The van der Waals surface area contributed by atoms with Crippen LogP contribution < -0.4 is 19.7 Å². The van der Waals surface area contributed by atoms with Gasteiger partial charge in [-0.2, -0.15) is 0 Å². The van der Waals surface area contributed by atoms with Gasteiger partial charge in [-0.1, -0.05) is 52.3 Å². The number of carbonyl (C=O) groups excluding carboxylic acids is 2. The first-order valence-electron chi connectivity index (χ1n) is 10.6. The Balaban J connectivity index is 1.61. The van der Waals surface area contributed by atoms with Gasteiger partial charge in [0.15, 0.2) is 16.6 Å². The first kappa shape index (κ1) is 23.7. The Labute approximate surface area is 211 Å². The van der Waals surface area contributed by atoms with Gasteiger partial charge in [-0.05, 0) is 72.7 Å². The van der Waals surface area contributed by atoms with Crippen molar-refractivity contribution in [2.24, 2.45) is 0 Å². The minimum Gasteiger partial charge on any atom is -0.490 e. The molecule has 2 amide bonds. The van der Waals surface area contributed by atoms with E-state index < -0.39 is 11.8 Å². The predicted molar refractivity (Wildman–Crippen MR) is 139 cm³/mol. The van der Waals surface area contributed by atoms with Gasteiger partial charge < -0.3 is 9.47 Å². The van der Waals surface area contributed by atoms with Crippen molar-refractivity contribution in [1.82, 2.24) is 5.32 Å². The van der Waals surface area contributed by atoms with E-state index in [-0.39, 0.29) is 10.7 Å². The quantitative estimate of drug-likeness (QED) is 0.253. The van der Waals surface area contributed by atoms with Crippen LogP contribution in [0.4, 0.5) is 5.69 Å². The molecule has 0 bridgehead atoms. The van der Waals surface area contributed by atoms with Crippen LogP contribution in [-0.4, -0.2) is 23.5 Å². The van der Waals surface area contributed by atoms with Crippen LogP contribution in [0, 0.1) is 0 Å². The number of hydrogen-bond donors (Lipinski definition) is 1.